The molecule has 0 aliphatic rings. The molecule has 0 fully saturated rings. The minimum absolute atomic E-state index is 0.641. The molecule has 6 nitrogen and oxygen atoms in total. The van der Waals surface area contributed by atoms with Crippen molar-refractivity contribution in [3.8, 4) is 0 Å². The van der Waals surface area contributed by atoms with Gasteiger partial charge in [0, 0.05) is 25.2 Å². The van der Waals surface area contributed by atoms with Gasteiger partial charge in [0.2, 0.25) is 5.95 Å². The van der Waals surface area contributed by atoms with Crippen LogP contribution in [0.2, 0.25) is 0 Å². The summed E-state index contributed by atoms with van der Waals surface area (Å²) in [5.74, 6) is 0.642. The van der Waals surface area contributed by atoms with Crippen LogP contribution in [0.4, 0.5) is 5.95 Å². The second-order valence-electron chi connectivity index (χ2n) is 3.97. The molecular formula is C12H12N6. The molecule has 3 rings (SSSR count). The van der Waals surface area contributed by atoms with Gasteiger partial charge in [0.05, 0.1) is 5.52 Å². The van der Waals surface area contributed by atoms with Crippen molar-refractivity contribution in [2.45, 2.75) is 6.54 Å². The molecule has 0 saturated carbocycles. The van der Waals surface area contributed by atoms with Crippen molar-refractivity contribution in [2.75, 3.05) is 5.32 Å². The number of rotatable bonds is 3. The Hall–Kier alpha value is -2.50. The summed E-state index contributed by atoms with van der Waals surface area (Å²) >= 11 is 0. The average molecular weight is 240 g/mol. The molecule has 0 radical (unpaired) electrons. The predicted octanol–water partition coefficient (Wildman–Crippen LogP) is 1.37. The Kier molecular flexibility index (Phi) is 2.60. The van der Waals surface area contributed by atoms with Crippen LogP contribution in [0, 0.1) is 0 Å². The van der Waals surface area contributed by atoms with Crippen LogP contribution in [-0.4, -0.2) is 25.2 Å². The van der Waals surface area contributed by atoms with Crippen LogP contribution in [0.3, 0.4) is 0 Å². The van der Waals surface area contributed by atoms with E-state index < -0.39 is 0 Å². The van der Waals surface area contributed by atoms with Crippen LogP contribution < -0.4 is 5.32 Å². The molecule has 2 aromatic heterocycles. The third-order valence-corrected chi connectivity index (χ3v) is 2.77. The van der Waals surface area contributed by atoms with Crippen molar-refractivity contribution in [3.63, 3.8) is 0 Å². The van der Waals surface area contributed by atoms with Crippen LogP contribution in [0.5, 0.6) is 0 Å². The largest absolute Gasteiger partial charge is 0.349 e. The Morgan fingerprint density at radius 2 is 2.11 bits per heavy atom. The third kappa shape index (κ3) is 1.88. The maximum Gasteiger partial charge on any atom is 0.242 e. The molecular weight excluding hydrogens is 228 g/mol. The maximum absolute atomic E-state index is 4.41. The smallest absolute Gasteiger partial charge is 0.242 e. The van der Waals surface area contributed by atoms with Crippen LogP contribution in [0.1, 0.15) is 5.56 Å². The van der Waals surface area contributed by atoms with E-state index in [-0.39, 0.29) is 0 Å². The Morgan fingerprint density at radius 3 is 2.94 bits per heavy atom. The van der Waals surface area contributed by atoms with Crippen molar-refractivity contribution in [2.24, 2.45) is 7.05 Å². The van der Waals surface area contributed by atoms with E-state index in [1.807, 2.05) is 18.2 Å². The summed E-state index contributed by atoms with van der Waals surface area (Å²) in [5.41, 5.74) is 2.12. The number of nitrogens with one attached hydrogen (secondary N) is 1. The normalized spacial score (nSPS) is 10.7. The molecule has 3 aromatic rings. The zero-order valence-corrected chi connectivity index (χ0v) is 9.91. The van der Waals surface area contributed by atoms with Gasteiger partial charge in [-0.25, -0.2) is 4.68 Å². The molecule has 1 N–H and O–H groups in total. The van der Waals surface area contributed by atoms with Gasteiger partial charge in [0.25, 0.3) is 0 Å². The van der Waals surface area contributed by atoms with Crippen molar-refractivity contribution < 1.29 is 0 Å². The summed E-state index contributed by atoms with van der Waals surface area (Å²) in [4.78, 5) is 4.41. The number of para-hydroxylation sites is 1. The standard InChI is InChI=1S/C12H12N6/c1-18-12(15-16-17-18)14-8-10-5-2-4-9-6-3-7-13-11(9)10/h2-7H,8H2,1H3,(H,14,15,17). The number of anilines is 1. The molecule has 0 saturated heterocycles. The average Bonchev–Trinajstić information content (AvgIpc) is 2.82. The van der Waals surface area contributed by atoms with E-state index in [1.54, 1.807) is 17.9 Å². The van der Waals surface area contributed by atoms with Gasteiger partial charge in [-0.1, -0.05) is 29.4 Å². The van der Waals surface area contributed by atoms with E-state index in [9.17, 15) is 0 Å². The van der Waals surface area contributed by atoms with Gasteiger partial charge >= 0.3 is 0 Å². The highest BCUT2D eigenvalue weighted by Crippen LogP contribution is 2.16. The lowest BCUT2D eigenvalue weighted by Gasteiger charge is -2.06. The molecule has 0 unspecified atom stereocenters. The first-order chi connectivity index (χ1) is 8.84. The van der Waals surface area contributed by atoms with Crippen molar-refractivity contribution >= 4 is 16.9 Å². The molecule has 0 atom stereocenters. The van der Waals surface area contributed by atoms with Gasteiger partial charge in [-0.3, -0.25) is 4.98 Å². The molecule has 18 heavy (non-hydrogen) atoms. The number of nitrogens with zero attached hydrogens (tertiary/aromatic N) is 5. The highest BCUT2D eigenvalue weighted by Gasteiger charge is 2.04. The fraction of sp³-hybridized carbons (Fsp3) is 0.167. The highest BCUT2D eigenvalue weighted by molar-refractivity contribution is 5.81. The summed E-state index contributed by atoms with van der Waals surface area (Å²) in [6.45, 7) is 0.641. The molecule has 6 heteroatoms. The number of hydrogen-bond donors (Lipinski definition) is 1. The van der Waals surface area contributed by atoms with E-state index in [2.05, 4.69) is 38.0 Å². The molecule has 1 aromatic carbocycles. The molecule has 90 valence electrons. The second-order valence-corrected chi connectivity index (χ2v) is 3.97. The zero-order chi connectivity index (χ0) is 12.4. The zero-order valence-electron chi connectivity index (χ0n) is 9.91. The topological polar surface area (TPSA) is 68.5 Å². The van der Waals surface area contributed by atoms with Crippen LogP contribution in [0.15, 0.2) is 36.5 Å². The molecule has 0 aliphatic heterocycles. The van der Waals surface area contributed by atoms with Gasteiger partial charge in [-0.05, 0) is 22.1 Å². The Balaban J connectivity index is 1.89. The first-order valence-electron chi connectivity index (χ1n) is 5.63. The molecule has 0 spiro atoms. The number of fused-ring (bicyclic) bond motifs is 1. The maximum atomic E-state index is 4.41. The molecule has 2 heterocycles. The Bertz CT molecular complexity index is 670. The first-order valence-corrected chi connectivity index (χ1v) is 5.63. The van der Waals surface area contributed by atoms with Crippen molar-refractivity contribution in [1.29, 1.82) is 0 Å². The number of tetrazole rings is 1. The minimum Gasteiger partial charge on any atom is -0.349 e. The lowest BCUT2D eigenvalue weighted by Crippen LogP contribution is -2.06. The van der Waals surface area contributed by atoms with Gasteiger partial charge < -0.3 is 5.32 Å². The summed E-state index contributed by atoms with van der Waals surface area (Å²) in [6.07, 6.45) is 1.80. The predicted molar refractivity (Wildman–Crippen MR) is 67.9 cm³/mol. The van der Waals surface area contributed by atoms with E-state index in [0.717, 1.165) is 16.5 Å². The lowest BCUT2D eigenvalue weighted by atomic mass is 10.1. The highest BCUT2D eigenvalue weighted by atomic mass is 15.6. The number of benzene rings is 1. The number of pyridine rings is 1. The summed E-state index contributed by atoms with van der Waals surface area (Å²) in [6, 6.07) is 10.1. The lowest BCUT2D eigenvalue weighted by molar-refractivity contribution is 0.712. The second kappa shape index (κ2) is 4.40. The third-order valence-electron chi connectivity index (χ3n) is 2.77. The van der Waals surface area contributed by atoms with E-state index in [0.29, 0.717) is 12.5 Å². The van der Waals surface area contributed by atoms with E-state index >= 15 is 0 Å². The summed E-state index contributed by atoms with van der Waals surface area (Å²) < 4.78 is 1.60. The fourth-order valence-corrected chi connectivity index (χ4v) is 1.86. The monoisotopic (exact) mass is 240 g/mol. The Labute approximate surface area is 104 Å². The number of aromatic nitrogens is 5. The van der Waals surface area contributed by atoms with Crippen LogP contribution >= 0.6 is 0 Å². The first kappa shape index (κ1) is 10.6. The van der Waals surface area contributed by atoms with Gasteiger partial charge in [-0.2, -0.15) is 0 Å². The number of hydrogen-bond acceptors (Lipinski definition) is 5. The van der Waals surface area contributed by atoms with E-state index in [1.165, 1.54) is 0 Å². The fourth-order valence-electron chi connectivity index (χ4n) is 1.86. The number of aryl methyl sites for hydroxylation is 1. The van der Waals surface area contributed by atoms with Crippen molar-refractivity contribution in [1.82, 2.24) is 25.2 Å². The molecule has 0 amide bonds. The summed E-state index contributed by atoms with van der Waals surface area (Å²) in [5, 5.41) is 15.6. The molecule has 0 bridgehead atoms. The van der Waals surface area contributed by atoms with Gasteiger partial charge in [-0.15, -0.1) is 0 Å². The Morgan fingerprint density at radius 1 is 1.22 bits per heavy atom. The minimum atomic E-state index is 0.641. The van der Waals surface area contributed by atoms with E-state index in [4.69, 9.17) is 0 Å². The quantitative estimate of drug-likeness (QED) is 0.748. The van der Waals surface area contributed by atoms with Crippen LogP contribution in [0.25, 0.3) is 10.9 Å². The van der Waals surface area contributed by atoms with Gasteiger partial charge in [0.15, 0.2) is 0 Å². The van der Waals surface area contributed by atoms with Crippen molar-refractivity contribution in [3.05, 3.63) is 42.1 Å². The summed E-state index contributed by atoms with van der Waals surface area (Å²) in [7, 11) is 1.80. The van der Waals surface area contributed by atoms with Crippen LogP contribution in [-0.2, 0) is 13.6 Å². The SMILES string of the molecule is Cn1nnnc1NCc1cccc2cccnc12. The van der Waals surface area contributed by atoms with Gasteiger partial charge in [0.1, 0.15) is 0 Å². The molecule has 0 aliphatic carbocycles.